The smallest absolute Gasteiger partial charge is 0.242 e. The minimum atomic E-state index is -0.311. The number of carbonyl (C=O) groups is 1. The van der Waals surface area contributed by atoms with Gasteiger partial charge in [0.25, 0.3) is 0 Å². The summed E-state index contributed by atoms with van der Waals surface area (Å²) in [4.78, 5) is 28.0. The molecule has 3 aromatic rings. The van der Waals surface area contributed by atoms with Crippen molar-refractivity contribution >= 4 is 5.91 Å². The number of nitrogens with one attached hydrogen (secondary N) is 1. The molecule has 7 heteroatoms. The van der Waals surface area contributed by atoms with Crippen molar-refractivity contribution in [1.82, 2.24) is 29.7 Å². The zero-order valence-corrected chi connectivity index (χ0v) is 15.0. The van der Waals surface area contributed by atoms with Gasteiger partial charge in [-0.15, -0.1) is 0 Å². The molecule has 1 atom stereocenters. The number of amides is 1. The van der Waals surface area contributed by atoms with Crippen molar-refractivity contribution < 1.29 is 4.79 Å². The molecule has 0 aromatic carbocycles. The van der Waals surface area contributed by atoms with Gasteiger partial charge < -0.3 is 5.32 Å². The van der Waals surface area contributed by atoms with Crippen molar-refractivity contribution in [3.63, 3.8) is 0 Å². The van der Waals surface area contributed by atoms with Gasteiger partial charge in [0.1, 0.15) is 18.2 Å². The van der Waals surface area contributed by atoms with E-state index in [2.05, 4.69) is 25.2 Å². The van der Waals surface area contributed by atoms with Crippen molar-refractivity contribution in [2.45, 2.75) is 25.4 Å². The molecule has 1 aliphatic heterocycles. The molecule has 4 rings (SSSR count). The van der Waals surface area contributed by atoms with E-state index in [0.29, 0.717) is 6.54 Å². The Morgan fingerprint density at radius 3 is 2.70 bits per heavy atom. The minimum Gasteiger partial charge on any atom is -0.350 e. The summed E-state index contributed by atoms with van der Waals surface area (Å²) in [7, 11) is 0. The van der Waals surface area contributed by atoms with Crippen LogP contribution in [0.3, 0.4) is 0 Å². The molecule has 0 radical (unpaired) electrons. The topological polar surface area (TPSA) is 75.9 Å². The lowest BCUT2D eigenvalue weighted by Gasteiger charge is -2.26. The predicted octanol–water partition coefficient (Wildman–Crippen LogP) is 2.12. The summed E-state index contributed by atoms with van der Waals surface area (Å²) < 4.78 is 1.85. The summed E-state index contributed by atoms with van der Waals surface area (Å²) in [5, 5.41) is 3.09. The van der Waals surface area contributed by atoms with Gasteiger partial charge in [-0.2, -0.15) is 0 Å². The van der Waals surface area contributed by atoms with Crippen LogP contribution in [-0.2, 0) is 11.3 Å². The molecule has 0 unspecified atom stereocenters. The SMILES string of the molecule is O=C(NCc1cccnc1-n1ccnc1)[C@H](c1cccnc1)N1CCCC1. The molecule has 0 aliphatic carbocycles. The average Bonchev–Trinajstić information content (AvgIpc) is 3.42. The van der Waals surface area contributed by atoms with E-state index in [4.69, 9.17) is 0 Å². The van der Waals surface area contributed by atoms with Crippen LogP contribution in [0.5, 0.6) is 0 Å². The summed E-state index contributed by atoms with van der Waals surface area (Å²) in [6, 6.07) is 7.38. The highest BCUT2D eigenvalue weighted by Gasteiger charge is 2.29. The molecule has 0 spiro atoms. The van der Waals surface area contributed by atoms with Crippen LogP contribution in [-0.4, -0.2) is 43.4 Å². The van der Waals surface area contributed by atoms with Crippen molar-refractivity contribution in [3.05, 3.63) is 72.7 Å². The average molecular weight is 362 g/mol. The van der Waals surface area contributed by atoms with Gasteiger partial charge in [-0.3, -0.25) is 19.2 Å². The molecule has 1 fully saturated rings. The van der Waals surface area contributed by atoms with Crippen molar-refractivity contribution in [1.29, 1.82) is 0 Å². The Morgan fingerprint density at radius 2 is 1.96 bits per heavy atom. The first-order chi connectivity index (χ1) is 13.3. The van der Waals surface area contributed by atoms with Gasteiger partial charge in [0, 0.05) is 43.1 Å². The second-order valence-electron chi connectivity index (χ2n) is 6.61. The second-order valence-corrected chi connectivity index (χ2v) is 6.61. The van der Waals surface area contributed by atoms with Gasteiger partial charge in [0.15, 0.2) is 0 Å². The molecule has 1 saturated heterocycles. The van der Waals surface area contributed by atoms with E-state index >= 15 is 0 Å². The maximum Gasteiger partial charge on any atom is 0.242 e. The Morgan fingerprint density at radius 1 is 1.11 bits per heavy atom. The van der Waals surface area contributed by atoms with Crippen LogP contribution < -0.4 is 5.32 Å². The summed E-state index contributed by atoms with van der Waals surface area (Å²) in [6.45, 7) is 2.27. The first-order valence-corrected chi connectivity index (χ1v) is 9.17. The summed E-state index contributed by atoms with van der Waals surface area (Å²) >= 11 is 0. The summed E-state index contributed by atoms with van der Waals surface area (Å²) in [5.41, 5.74) is 1.87. The Balaban J connectivity index is 1.53. The third kappa shape index (κ3) is 3.88. The Bertz CT molecular complexity index is 875. The van der Waals surface area contributed by atoms with Gasteiger partial charge in [0.2, 0.25) is 5.91 Å². The molecule has 1 N–H and O–H groups in total. The molecule has 27 heavy (non-hydrogen) atoms. The summed E-state index contributed by atoms with van der Waals surface area (Å²) in [6.07, 6.45) is 12.8. The predicted molar refractivity (Wildman–Crippen MR) is 101 cm³/mol. The third-order valence-corrected chi connectivity index (χ3v) is 4.82. The lowest BCUT2D eigenvalue weighted by molar-refractivity contribution is -0.126. The van der Waals surface area contributed by atoms with E-state index in [1.807, 2.05) is 35.0 Å². The van der Waals surface area contributed by atoms with Crippen LogP contribution in [0.2, 0.25) is 0 Å². The van der Waals surface area contributed by atoms with Crippen LogP contribution in [0.15, 0.2) is 61.6 Å². The zero-order chi connectivity index (χ0) is 18.5. The highest BCUT2D eigenvalue weighted by atomic mass is 16.2. The van der Waals surface area contributed by atoms with Crippen molar-refractivity contribution in [3.8, 4) is 5.82 Å². The van der Waals surface area contributed by atoms with E-state index in [0.717, 1.165) is 42.9 Å². The highest BCUT2D eigenvalue weighted by molar-refractivity contribution is 5.83. The van der Waals surface area contributed by atoms with Crippen LogP contribution in [0, 0.1) is 0 Å². The van der Waals surface area contributed by atoms with Gasteiger partial charge in [-0.1, -0.05) is 12.1 Å². The monoisotopic (exact) mass is 362 g/mol. The second kappa shape index (κ2) is 8.09. The number of hydrogen-bond acceptors (Lipinski definition) is 5. The molecule has 0 saturated carbocycles. The minimum absolute atomic E-state index is 0.00895. The number of nitrogens with zero attached hydrogens (tertiary/aromatic N) is 5. The van der Waals surface area contributed by atoms with Gasteiger partial charge >= 0.3 is 0 Å². The molecule has 1 aliphatic rings. The van der Waals surface area contributed by atoms with Crippen LogP contribution >= 0.6 is 0 Å². The number of carbonyl (C=O) groups excluding carboxylic acids is 1. The fourth-order valence-electron chi connectivity index (χ4n) is 3.53. The first kappa shape index (κ1) is 17.4. The zero-order valence-electron chi connectivity index (χ0n) is 15.0. The standard InChI is InChI=1S/C20H22N6O/c27-20(18(25-10-1-2-11-25)16-5-3-7-21-13-16)24-14-17-6-4-8-23-19(17)26-12-9-22-15-26/h3-9,12-13,15,18H,1-2,10-11,14H2,(H,24,27)/t18-/m0/s1. The van der Waals surface area contributed by atoms with E-state index in [1.165, 1.54) is 0 Å². The van der Waals surface area contributed by atoms with Crippen molar-refractivity contribution in [2.24, 2.45) is 0 Å². The number of aromatic nitrogens is 4. The Kier molecular flexibility index (Phi) is 5.20. The van der Waals surface area contributed by atoms with Crippen LogP contribution in [0.4, 0.5) is 0 Å². The number of hydrogen-bond donors (Lipinski definition) is 1. The number of imidazole rings is 1. The maximum atomic E-state index is 13.1. The number of pyridine rings is 2. The quantitative estimate of drug-likeness (QED) is 0.727. The first-order valence-electron chi connectivity index (χ1n) is 9.17. The highest BCUT2D eigenvalue weighted by Crippen LogP contribution is 2.25. The summed E-state index contributed by atoms with van der Waals surface area (Å²) in [5.74, 6) is 0.764. The molecule has 1 amide bonds. The normalized spacial score (nSPS) is 15.6. The maximum absolute atomic E-state index is 13.1. The van der Waals surface area contributed by atoms with Crippen LogP contribution in [0.1, 0.15) is 30.0 Å². The lowest BCUT2D eigenvalue weighted by Crippen LogP contribution is -2.39. The van der Waals surface area contributed by atoms with Crippen molar-refractivity contribution in [2.75, 3.05) is 13.1 Å². The number of rotatable bonds is 6. The largest absolute Gasteiger partial charge is 0.350 e. The van der Waals surface area contributed by atoms with E-state index in [1.54, 1.807) is 31.1 Å². The molecule has 3 aromatic heterocycles. The molecule has 7 nitrogen and oxygen atoms in total. The third-order valence-electron chi connectivity index (χ3n) is 4.82. The van der Waals surface area contributed by atoms with E-state index < -0.39 is 0 Å². The molecule has 0 bridgehead atoms. The van der Waals surface area contributed by atoms with Gasteiger partial charge in [-0.05, 0) is 43.6 Å². The molecular weight excluding hydrogens is 340 g/mol. The van der Waals surface area contributed by atoms with Gasteiger partial charge in [0.05, 0.1) is 0 Å². The molecular formula is C20H22N6O. The van der Waals surface area contributed by atoms with E-state index in [-0.39, 0.29) is 11.9 Å². The van der Waals surface area contributed by atoms with Crippen LogP contribution in [0.25, 0.3) is 5.82 Å². The Hall–Kier alpha value is -3.06. The lowest BCUT2D eigenvalue weighted by atomic mass is 10.1. The molecule has 138 valence electrons. The number of likely N-dealkylation sites (tertiary alicyclic amines) is 1. The fourth-order valence-corrected chi connectivity index (χ4v) is 3.53. The molecule has 4 heterocycles. The Labute approximate surface area is 158 Å². The fraction of sp³-hybridized carbons (Fsp3) is 0.300. The van der Waals surface area contributed by atoms with Gasteiger partial charge in [-0.25, -0.2) is 9.97 Å². The van der Waals surface area contributed by atoms with E-state index in [9.17, 15) is 4.79 Å².